The summed E-state index contributed by atoms with van der Waals surface area (Å²) in [5.41, 5.74) is 2.11. The third-order valence-corrected chi connectivity index (χ3v) is 6.92. The normalized spacial score (nSPS) is 24.3. The summed E-state index contributed by atoms with van der Waals surface area (Å²) in [6.45, 7) is 2.03. The second kappa shape index (κ2) is 9.36. The van der Waals surface area contributed by atoms with Crippen LogP contribution in [0.5, 0.6) is 0 Å². The first-order chi connectivity index (χ1) is 14.5. The van der Waals surface area contributed by atoms with Crippen molar-refractivity contribution in [2.24, 2.45) is 5.92 Å². The van der Waals surface area contributed by atoms with Crippen LogP contribution in [0, 0.1) is 5.92 Å². The molecule has 1 amide bonds. The van der Waals surface area contributed by atoms with Gasteiger partial charge in [-0.15, -0.1) is 0 Å². The topological polar surface area (TPSA) is 48.5 Å². The molecular formula is C24H37ClN4O. The molecule has 1 saturated carbocycles. The summed E-state index contributed by atoms with van der Waals surface area (Å²) in [6, 6.07) is 12.7. The van der Waals surface area contributed by atoms with Gasteiger partial charge in [-0.3, -0.25) is 4.79 Å². The third-order valence-electron chi connectivity index (χ3n) is 6.67. The summed E-state index contributed by atoms with van der Waals surface area (Å²) < 4.78 is 0. The molecule has 2 fully saturated rings. The van der Waals surface area contributed by atoms with Gasteiger partial charge in [0, 0.05) is 34.4 Å². The van der Waals surface area contributed by atoms with Crippen molar-refractivity contribution in [1.82, 2.24) is 9.88 Å². The van der Waals surface area contributed by atoms with Gasteiger partial charge in [0.2, 0.25) is 5.91 Å². The number of likely N-dealkylation sites (N-methyl/N-ethyl adjacent to an activating group) is 1. The monoisotopic (exact) mass is 432 g/mol. The predicted molar refractivity (Wildman–Crippen MR) is 130 cm³/mol. The molecule has 0 bridgehead atoms. The zero-order valence-electron chi connectivity index (χ0n) is 17.9. The van der Waals surface area contributed by atoms with E-state index in [-0.39, 0.29) is 16.1 Å². The van der Waals surface area contributed by atoms with Gasteiger partial charge in [0.1, 0.15) is 5.82 Å². The van der Waals surface area contributed by atoms with Gasteiger partial charge < -0.3 is 15.1 Å². The molecule has 166 valence electrons. The second-order valence-corrected chi connectivity index (χ2v) is 9.28. The number of rotatable bonds is 5. The minimum Gasteiger partial charge on any atom is -0.355 e. The number of pyridine rings is 1. The number of halogens is 1. The van der Waals surface area contributed by atoms with Crippen LogP contribution in [0.1, 0.15) is 47.9 Å². The Labute approximate surface area is 188 Å². The number of carbonyl (C=O) groups is 1. The van der Waals surface area contributed by atoms with E-state index in [0.29, 0.717) is 12.0 Å². The Hall–Kier alpha value is -2.11. The Bertz CT molecular complexity index is 859. The Morgan fingerprint density at radius 3 is 2.43 bits per heavy atom. The van der Waals surface area contributed by atoms with Gasteiger partial charge >= 0.3 is 0 Å². The Kier molecular flexibility index (Phi) is 6.59. The molecule has 2 aromatic rings. The van der Waals surface area contributed by atoms with Crippen molar-refractivity contribution in [3.8, 4) is 0 Å². The number of carbonyl (C=O) groups excluding carboxylic acids is 1. The Balaban J connectivity index is 0.00000181. The summed E-state index contributed by atoms with van der Waals surface area (Å²) in [5.74, 6) is 1.71. The number of aromatic nitrogens is 1. The SMILES string of the molecule is CN(C)C1CCN(c2ccc(NC(=O)C3CCC(c4ccc(Cl)cc4)CC3)cn2)C1.[HH].[HH].[HH]. The standard InChI is InChI=1S/C24H31ClN4O.3H2/c1-28(2)22-13-14-29(16-22)23-12-11-21(15-26-23)27-24(30)19-5-3-17(4-6-19)18-7-9-20(25)10-8-18;;;/h7-12,15,17,19,22H,3-6,13-14,16H2,1-2H3,(H,27,30);3*1H. The van der Waals surface area contributed by atoms with Crippen LogP contribution < -0.4 is 10.2 Å². The lowest BCUT2D eigenvalue weighted by Crippen LogP contribution is -2.31. The van der Waals surface area contributed by atoms with E-state index in [1.807, 2.05) is 24.3 Å². The minimum absolute atomic E-state index is 0. The van der Waals surface area contributed by atoms with Crippen molar-refractivity contribution in [3.63, 3.8) is 0 Å². The first-order valence-electron chi connectivity index (χ1n) is 10.9. The molecule has 4 rings (SSSR count). The smallest absolute Gasteiger partial charge is 0.227 e. The van der Waals surface area contributed by atoms with Gasteiger partial charge in [0.15, 0.2) is 0 Å². The highest BCUT2D eigenvalue weighted by atomic mass is 35.5. The minimum atomic E-state index is 0. The molecule has 6 heteroatoms. The molecule has 0 radical (unpaired) electrons. The van der Waals surface area contributed by atoms with Crippen LogP contribution in [-0.4, -0.2) is 49.0 Å². The highest BCUT2D eigenvalue weighted by molar-refractivity contribution is 6.30. The molecule has 1 aliphatic carbocycles. The highest BCUT2D eigenvalue weighted by Gasteiger charge is 2.28. The van der Waals surface area contributed by atoms with Crippen LogP contribution in [-0.2, 0) is 4.79 Å². The fraction of sp³-hybridized carbons (Fsp3) is 0.500. The molecule has 1 saturated heterocycles. The van der Waals surface area contributed by atoms with Crippen molar-refractivity contribution >= 4 is 29.0 Å². The van der Waals surface area contributed by atoms with Crippen molar-refractivity contribution in [2.75, 3.05) is 37.4 Å². The summed E-state index contributed by atoms with van der Waals surface area (Å²) in [7, 11) is 4.26. The van der Waals surface area contributed by atoms with Gasteiger partial charge in [0.05, 0.1) is 11.9 Å². The second-order valence-electron chi connectivity index (χ2n) is 8.85. The van der Waals surface area contributed by atoms with E-state index >= 15 is 0 Å². The van der Waals surface area contributed by atoms with Gasteiger partial charge in [-0.2, -0.15) is 0 Å². The van der Waals surface area contributed by atoms with Crippen LogP contribution in [0.2, 0.25) is 5.02 Å². The zero-order valence-corrected chi connectivity index (χ0v) is 18.6. The van der Waals surface area contributed by atoms with Crippen molar-refractivity contribution in [3.05, 3.63) is 53.2 Å². The molecular weight excluding hydrogens is 396 g/mol. The quantitative estimate of drug-likeness (QED) is 0.675. The highest BCUT2D eigenvalue weighted by Crippen LogP contribution is 2.36. The number of anilines is 2. The average molecular weight is 433 g/mol. The molecule has 1 atom stereocenters. The Morgan fingerprint density at radius 1 is 1.10 bits per heavy atom. The summed E-state index contributed by atoms with van der Waals surface area (Å²) >= 11 is 6.00. The largest absolute Gasteiger partial charge is 0.355 e. The number of hydrogen-bond acceptors (Lipinski definition) is 4. The number of amides is 1. The summed E-state index contributed by atoms with van der Waals surface area (Å²) in [6.07, 6.45) is 6.87. The lowest BCUT2D eigenvalue weighted by Gasteiger charge is -2.28. The zero-order chi connectivity index (χ0) is 21.1. The predicted octanol–water partition coefficient (Wildman–Crippen LogP) is 5.53. The van der Waals surface area contributed by atoms with Gasteiger partial charge in [-0.05, 0) is 81.9 Å². The molecule has 1 aromatic carbocycles. The van der Waals surface area contributed by atoms with Crippen LogP contribution >= 0.6 is 11.6 Å². The van der Waals surface area contributed by atoms with Gasteiger partial charge in [-0.1, -0.05) is 23.7 Å². The molecule has 30 heavy (non-hydrogen) atoms. The van der Waals surface area contributed by atoms with E-state index in [0.717, 1.165) is 61.7 Å². The van der Waals surface area contributed by atoms with E-state index < -0.39 is 0 Å². The molecule has 1 aliphatic heterocycles. The van der Waals surface area contributed by atoms with Crippen molar-refractivity contribution < 1.29 is 9.07 Å². The van der Waals surface area contributed by atoms with E-state index in [1.54, 1.807) is 6.20 Å². The van der Waals surface area contributed by atoms with E-state index in [1.165, 1.54) is 5.56 Å². The fourth-order valence-corrected chi connectivity index (χ4v) is 4.81. The molecule has 0 spiro atoms. The molecule has 1 aromatic heterocycles. The summed E-state index contributed by atoms with van der Waals surface area (Å²) in [5, 5.41) is 3.84. The van der Waals surface area contributed by atoms with E-state index in [2.05, 4.69) is 46.3 Å². The van der Waals surface area contributed by atoms with E-state index in [4.69, 9.17) is 11.6 Å². The number of nitrogens with one attached hydrogen (secondary N) is 1. The molecule has 2 aliphatic rings. The number of benzene rings is 1. The van der Waals surface area contributed by atoms with Crippen LogP contribution in [0.4, 0.5) is 11.5 Å². The maximum atomic E-state index is 12.7. The molecule has 5 nitrogen and oxygen atoms in total. The molecule has 1 unspecified atom stereocenters. The van der Waals surface area contributed by atoms with E-state index in [9.17, 15) is 4.79 Å². The van der Waals surface area contributed by atoms with Crippen molar-refractivity contribution in [1.29, 1.82) is 0 Å². The van der Waals surface area contributed by atoms with Crippen LogP contribution in [0.25, 0.3) is 0 Å². The maximum absolute atomic E-state index is 12.7. The fourth-order valence-electron chi connectivity index (χ4n) is 4.69. The molecule has 2 heterocycles. The Morgan fingerprint density at radius 2 is 1.83 bits per heavy atom. The number of nitrogens with zero attached hydrogens (tertiary/aromatic N) is 3. The average Bonchev–Trinajstić information content (AvgIpc) is 3.26. The van der Waals surface area contributed by atoms with Crippen LogP contribution in [0.3, 0.4) is 0 Å². The number of hydrogen-bond donors (Lipinski definition) is 1. The van der Waals surface area contributed by atoms with Crippen molar-refractivity contribution in [2.45, 2.75) is 44.1 Å². The first kappa shape index (κ1) is 21.1. The lowest BCUT2D eigenvalue weighted by molar-refractivity contribution is -0.120. The lowest BCUT2D eigenvalue weighted by atomic mass is 9.78. The first-order valence-corrected chi connectivity index (χ1v) is 11.3. The van der Waals surface area contributed by atoms with Gasteiger partial charge in [-0.25, -0.2) is 4.98 Å². The molecule has 1 N–H and O–H groups in total. The van der Waals surface area contributed by atoms with Gasteiger partial charge in [0.25, 0.3) is 0 Å². The maximum Gasteiger partial charge on any atom is 0.227 e. The third kappa shape index (κ3) is 4.96. The summed E-state index contributed by atoms with van der Waals surface area (Å²) in [4.78, 5) is 21.9. The van der Waals surface area contributed by atoms with Crippen LogP contribution in [0.15, 0.2) is 42.6 Å².